The smallest absolute Gasteiger partial charge is 0.326 e. The number of benzene rings is 2. The van der Waals surface area contributed by atoms with Gasteiger partial charge in [-0.1, -0.05) is 36.4 Å². The lowest BCUT2D eigenvalue weighted by atomic mass is 10.2. The van der Waals surface area contributed by atoms with E-state index < -0.39 is 23.9 Å². The molecule has 2 N–H and O–H groups in total. The number of nitrogens with one attached hydrogen (secondary N) is 2. The molecule has 7 heteroatoms. The van der Waals surface area contributed by atoms with Crippen molar-refractivity contribution in [1.29, 1.82) is 0 Å². The zero-order chi connectivity index (χ0) is 21.2. The molecule has 0 saturated heterocycles. The molecule has 0 unspecified atom stereocenters. The van der Waals surface area contributed by atoms with Crippen molar-refractivity contribution >= 4 is 29.5 Å². The van der Waals surface area contributed by atoms with Crippen LogP contribution in [0.5, 0.6) is 5.75 Å². The number of anilines is 1. The number of rotatable bonds is 8. The fraction of sp³-hybridized carbons (Fsp3) is 0.227. The average molecular weight is 396 g/mol. The van der Waals surface area contributed by atoms with Crippen LogP contribution in [0, 0.1) is 6.92 Å². The second-order valence-electron chi connectivity index (χ2n) is 6.29. The first-order valence-corrected chi connectivity index (χ1v) is 9.05. The number of amides is 2. The Morgan fingerprint density at radius 1 is 1.10 bits per heavy atom. The molecule has 0 saturated carbocycles. The van der Waals surface area contributed by atoms with Gasteiger partial charge < -0.3 is 20.1 Å². The van der Waals surface area contributed by atoms with Gasteiger partial charge in [0, 0.05) is 6.08 Å². The lowest BCUT2D eigenvalue weighted by molar-refractivity contribution is -0.152. The Hall–Kier alpha value is -3.61. The molecule has 7 nitrogen and oxygen atoms in total. The van der Waals surface area contributed by atoms with E-state index in [0.29, 0.717) is 11.4 Å². The summed E-state index contributed by atoms with van der Waals surface area (Å²) in [4.78, 5) is 36.0. The molecule has 152 valence electrons. The minimum atomic E-state index is -1.04. The summed E-state index contributed by atoms with van der Waals surface area (Å²) < 4.78 is 10.3. The predicted octanol–water partition coefficient (Wildman–Crippen LogP) is 2.70. The predicted molar refractivity (Wildman–Crippen MR) is 110 cm³/mol. The molecule has 0 aliphatic heterocycles. The highest BCUT2D eigenvalue weighted by atomic mass is 16.5. The number of hydrogen-bond donors (Lipinski definition) is 2. The molecule has 0 aromatic heterocycles. The van der Waals surface area contributed by atoms with Gasteiger partial charge >= 0.3 is 5.97 Å². The van der Waals surface area contributed by atoms with Gasteiger partial charge in [-0.2, -0.15) is 0 Å². The molecule has 0 aliphatic rings. The Balaban J connectivity index is 1.81. The molecule has 29 heavy (non-hydrogen) atoms. The van der Waals surface area contributed by atoms with Gasteiger partial charge in [0.15, 0.2) is 6.10 Å². The SMILES string of the molecule is COc1ccc(C)cc1NC(=O)[C@H](C)OC(=O)CNC(=O)/C=C/c1ccccc1. The highest BCUT2D eigenvalue weighted by Crippen LogP contribution is 2.25. The number of esters is 1. The Morgan fingerprint density at radius 3 is 2.52 bits per heavy atom. The summed E-state index contributed by atoms with van der Waals surface area (Å²) in [5.74, 6) is -1.16. The molecule has 2 rings (SSSR count). The molecule has 0 bridgehead atoms. The Kier molecular flexibility index (Phi) is 7.97. The maximum absolute atomic E-state index is 12.3. The first-order valence-electron chi connectivity index (χ1n) is 9.05. The molecule has 0 aliphatic carbocycles. The van der Waals surface area contributed by atoms with Gasteiger partial charge in [0.1, 0.15) is 12.3 Å². The number of carbonyl (C=O) groups excluding carboxylic acids is 3. The normalized spacial score (nSPS) is 11.6. The summed E-state index contributed by atoms with van der Waals surface area (Å²) in [5, 5.41) is 5.09. The summed E-state index contributed by atoms with van der Waals surface area (Å²) in [6, 6.07) is 14.6. The molecule has 0 heterocycles. The van der Waals surface area contributed by atoms with Gasteiger partial charge in [0.05, 0.1) is 12.8 Å². The van der Waals surface area contributed by atoms with E-state index in [1.54, 1.807) is 18.2 Å². The van der Waals surface area contributed by atoms with Crippen molar-refractivity contribution in [2.75, 3.05) is 19.0 Å². The van der Waals surface area contributed by atoms with E-state index in [9.17, 15) is 14.4 Å². The van der Waals surface area contributed by atoms with Crippen LogP contribution in [0.4, 0.5) is 5.69 Å². The van der Waals surface area contributed by atoms with Crippen LogP contribution in [-0.4, -0.2) is 37.5 Å². The van der Waals surface area contributed by atoms with E-state index >= 15 is 0 Å². The van der Waals surface area contributed by atoms with Crippen molar-refractivity contribution in [1.82, 2.24) is 5.32 Å². The molecule has 0 radical (unpaired) electrons. The minimum Gasteiger partial charge on any atom is -0.495 e. The summed E-state index contributed by atoms with van der Waals surface area (Å²) in [7, 11) is 1.50. The van der Waals surface area contributed by atoms with Crippen LogP contribution < -0.4 is 15.4 Å². The molecule has 0 spiro atoms. The maximum Gasteiger partial charge on any atom is 0.326 e. The largest absolute Gasteiger partial charge is 0.495 e. The molecule has 1 atom stereocenters. The molecular weight excluding hydrogens is 372 g/mol. The third-order valence-electron chi connectivity index (χ3n) is 3.92. The van der Waals surface area contributed by atoms with Gasteiger partial charge in [-0.25, -0.2) is 0 Å². The van der Waals surface area contributed by atoms with Crippen molar-refractivity contribution in [3.63, 3.8) is 0 Å². The average Bonchev–Trinajstić information content (AvgIpc) is 2.71. The quantitative estimate of drug-likeness (QED) is 0.529. The zero-order valence-corrected chi connectivity index (χ0v) is 16.6. The fourth-order valence-corrected chi connectivity index (χ4v) is 2.40. The Morgan fingerprint density at radius 2 is 1.83 bits per heavy atom. The van der Waals surface area contributed by atoms with Gasteiger partial charge in [0.2, 0.25) is 5.91 Å². The molecule has 2 aromatic rings. The van der Waals surface area contributed by atoms with Crippen LogP contribution in [0.3, 0.4) is 0 Å². The summed E-state index contributed by atoms with van der Waals surface area (Å²) in [6.45, 7) is 2.99. The number of hydrogen-bond acceptors (Lipinski definition) is 5. The first kappa shape index (κ1) is 21.7. The zero-order valence-electron chi connectivity index (χ0n) is 16.6. The number of methoxy groups -OCH3 is 1. The third kappa shape index (κ3) is 7.14. The van der Waals surface area contributed by atoms with E-state index in [-0.39, 0.29) is 6.54 Å². The van der Waals surface area contributed by atoms with Crippen LogP contribution in [0.2, 0.25) is 0 Å². The standard InChI is InChI=1S/C22H24N2O5/c1-15-9-11-19(28-3)18(13-15)24-22(27)16(2)29-21(26)14-23-20(25)12-10-17-7-5-4-6-8-17/h4-13,16H,14H2,1-3H3,(H,23,25)(H,24,27)/b12-10+/t16-/m0/s1. The number of aryl methyl sites for hydroxylation is 1. The van der Waals surface area contributed by atoms with Gasteiger partial charge in [0.25, 0.3) is 5.91 Å². The van der Waals surface area contributed by atoms with Crippen LogP contribution in [0.25, 0.3) is 6.08 Å². The van der Waals surface area contributed by atoms with E-state index in [2.05, 4.69) is 10.6 Å². The van der Waals surface area contributed by atoms with Crippen molar-refractivity contribution in [3.8, 4) is 5.75 Å². The van der Waals surface area contributed by atoms with E-state index in [4.69, 9.17) is 9.47 Å². The topological polar surface area (TPSA) is 93.7 Å². The second-order valence-corrected chi connectivity index (χ2v) is 6.29. The molecule has 2 aromatic carbocycles. The monoisotopic (exact) mass is 396 g/mol. The summed E-state index contributed by atoms with van der Waals surface area (Å²) >= 11 is 0. The first-order chi connectivity index (χ1) is 13.9. The lowest BCUT2D eigenvalue weighted by Crippen LogP contribution is -2.35. The Bertz CT molecular complexity index is 893. The summed E-state index contributed by atoms with van der Waals surface area (Å²) in [6.07, 6.45) is 1.92. The van der Waals surface area contributed by atoms with Crippen LogP contribution in [0.15, 0.2) is 54.6 Å². The fourth-order valence-electron chi connectivity index (χ4n) is 2.40. The summed E-state index contributed by atoms with van der Waals surface area (Å²) in [5.41, 5.74) is 2.29. The molecule has 2 amide bonds. The molecule has 0 fully saturated rings. The van der Waals surface area contributed by atoms with E-state index in [1.807, 2.05) is 43.3 Å². The van der Waals surface area contributed by atoms with Crippen molar-refractivity contribution in [3.05, 3.63) is 65.7 Å². The van der Waals surface area contributed by atoms with Crippen LogP contribution in [0.1, 0.15) is 18.1 Å². The van der Waals surface area contributed by atoms with Gasteiger partial charge in [-0.15, -0.1) is 0 Å². The maximum atomic E-state index is 12.3. The number of carbonyl (C=O) groups is 3. The number of ether oxygens (including phenoxy) is 2. The van der Waals surface area contributed by atoms with Crippen LogP contribution in [-0.2, 0) is 19.1 Å². The Labute approximate surface area is 169 Å². The highest BCUT2D eigenvalue weighted by Gasteiger charge is 2.19. The van der Waals surface area contributed by atoms with E-state index in [0.717, 1.165) is 11.1 Å². The van der Waals surface area contributed by atoms with Crippen molar-refractivity contribution in [2.24, 2.45) is 0 Å². The third-order valence-corrected chi connectivity index (χ3v) is 3.92. The van der Waals surface area contributed by atoms with Crippen molar-refractivity contribution in [2.45, 2.75) is 20.0 Å². The lowest BCUT2D eigenvalue weighted by Gasteiger charge is -2.15. The molecular formula is C22H24N2O5. The van der Waals surface area contributed by atoms with E-state index in [1.165, 1.54) is 20.1 Å². The van der Waals surface area contributed by atoms with Gasteiger partial charge in [-0.3, -0.25) is 14.4 Å². The van der Waals surface area contributed by atoms with Crippen LogP contribution >= 0.6 is 0 Å². The highest BCUT2D eigenvalue weighted by molar-refractivity contribution is 5.97. The van der Waals surface area contributed by atoms with Gasteiger partial charge in [-0.05, 0) is 43.2 Å². The van der Waals surface area contributed by atoms with Crippen molar-refractivity contribution < 1.29 is 23.9 Å². The minimum absolute atomic E-state index is 0.344. The second kappa shape index (κ2) is 10.7.